The molecular formula is C15H25N3O2. The van der Waals surface area contributed by atoms with Gasteiger partial charge in [-0.2, -0.15) is 0 Å². The number of rotatable bonds is 3. The van der Waals surface area contributed by atoms with Crippen LogP contribution in [0.25, 0.3) is 0 Å². The summed E-state index contributed by atoms with van der Waals surface area (Å²) in [4.78, 5) is 28.7. The van der Waals surface area contributed by atoms with E-state index in [9.17, 15) is 9.59 Å². The van der Waals surface area contributed by atoms with Gasteiger partial charge in [0.2, 0.25) is 11.8 Å². The second-order valence-corrected chi connectivity index (χ2v) is 6.42. The normalized spacial score (nSPS) is 32.8. The highest BCUT2D eigenvalue weighted by Crippen LogP contribution is 2.29. The van der Waals surface area contributed by atoms with Gasteiger partial charge in [0.15, 0.2) is 0 Å². The first-order valence-corrected chi connectivity index (χ1v) is 7.99. The van der Waals surface area contributed by atoms with Gasteiger partial charge in [-0.05, 0) is 31.1 Å². The highest BCUT2D eigenvalue weighted by atomic mass is 16.2. The first-order valence-electron chi connectivity index (χ1n) is 7.99. The van der Waals surface area contributed by atoms with Crippen LogP contribution in [0.1, 0.15) is 32.6 Å². The summed E-state index contributed by atoms with van der Waals surface area (Å²) in [6.07, 6.45) is 3.24. The lowest BCUT2D eigenvalue weighted by Gasteiger charge is -2.28. The fourth-order valence-electron chi connectivity index (χ4n) is 3.93. The molecular weight excluding hydrogens is 254 g/mol. The topological polar surface area (TPSA) is 52.7 Å². The maximum atomic E-state index is 12.7. The van der Waals surface area contributed by atoms with Crippen molar-refractivity contribution in [2.45, 2.75) is 38.6 Å². The number of hydrogen-bond donors (Lipinski definition) is 1. The van der Waals surface area contributed by atoms with Crippen LogP contribution in [0.2, 0.25) is 0 Å². The van der Waals surface area contributed by atoms with Crippen LogP contribution in [0.4, 0.5) is 0 Å². The van der Waals surface area contributed by atoms with E-state index >= 15 is 0 Å². The quantitative estimate of drug-likeness (QED) is 0.816. The largest absolute Gasteiger partial charge is 0.340 e. The molecule has 0 aliphatic carbocycles. The Kier molecular flexibility index (Phi) is 3.96. The van der Waals surface area contributed by atoms with E-state index in [2.05, 4.69) is 5.32 Å². The van der Waals surface area contributed by atoms with Gasteiger partial charge in [0, 0.05) is 39.1 Å². The average molecular weight is 279 g/mol. The number of nitrogens with zero attached hydrogens (tertiary/aromatic N) is 2. The number of hydrogen-bond acceptors (Lipinski definition) is 3. The minimum absolute atomic E-state index is 0.157. The average Bonchev–Trinajstić information content (AvgIpc) is 3.12. The molecule has 5 heteroatoms. The Morgan fingerprint density at radius 3 is 2.55 bits per heavy atom. The fourth-order valence-corrected chi connectivity index (χ4v) is 3.93. The summed E-state index contributed by atoms with van der Waals surface area (Å²) in [5.74, 6) is 1.60. The Hall–Kier alpha value is -1.10. The van der Waals surface area contributed by atoms with Crippen LogP contribution >= 0.6 is 0 Å². The minimum Gasteiger partial charge on any atom is -0.340 e. The van der Waals surface area contributed by atoms with Crippen LogP contribution in [0, 0.1) is 11.8 Å². The van der Waals surface area contributed by atoms with Crippen molar-refractivity contribution in [3.8, 4) is 0 Å². The molecule has 112 valence electrons. The zero-order valence-corrected chi connectivity index (χ0v) is 12.3. The molecule has 0 spiro atoms. The summed E-state index contributed by atoms with van der Waals surface area (Å²) in [7, 11) is 0. The lowest BCUT2D eigenvalue weighted by atomic mass is 10.0. The molecule has 0 radical (unpaired) electrons. The third-order valence-corrected chi connectivity index (χ3v) is 5.02. The van der Waals surface area contributed by atoms with E-state index in [0.717, 1.165) is 52.0 Å². The monoisotopic (exact) mass is 279 g/mol. The molecule has 0 aromatic rings. The number of carbonyl (C=O) groups is 2. The van der Waals surface area contributed by atoms with E-state index in [1.165, 1.54) is 0 Å². The molecule has 0 bridgehead atoms. The third kappa shape index (κ3) is 2.43. The van der Waals surface area contributed by atoms with E-state index in [-0.39, 0.29) is 17.9 Å². The number of likely N-dealkylation sites (tertiary alicyclic amines) is 2. The maximum Gasteiger partial charge on any atom is 0.245 e. The Labute approximate surface area is 120 Å². The molecule has 5 nitrogen and oxygen atoms in total. The molecule has 3 aliphatic heterocycles. The SMILES string of the molecule is CCCC(=O)N1CCCC1C(=O)N1C[C@H]2CNC[C@H]2C1. The van der Waals surface area contributed by atoms with Crippen LogP contribution in [0.5, 0.6) is 0 Å². The second-order valence-electron chi connectivity index (χ2n) is 6.42. The van der Waals surface area contributed by atoms with Crippen molar-refractivity contribution in [1.29, 1.82) is 0 Å². The number of fused-ring (bicyclic) bond motifs is 1. The minimum atomic E-state index is -0.180. The molecule has 3 aliphatic rings. The Balaban J connectivity index is 1.63. The molecule has 3 fully saturated rings. The number of amides is 2. The van der Waals surface area contributed by atoms with Crippen LogP contribution in [-0.2, 0) is 9.59 Å². The van der Waals surface area contributed by atoms with Gasteiger partial charge in [0.1, 0.15) is 6.04 Å². The van der Waals surface area contributed by atoms with E-state index in [0.29, 0.717) is 18.3 Å². The summed E-state index contributed by atoms with van der Waals surface area (Å²) < 4.78 is 0. The first kappa shape index (κ1) is 13.9. The highest BCUT2D eigenvalue weighted by Gasteiger charge is 2.42. The van der Waals surface area contributed by atoms with E-state index in [1.54, 1.807) is 0 Å². The summed E-state index contributed by atoms with van der Waals surface area (Å²) in [5.41, 5.74) is 0. The molecule has 3 saturated heterocycles. The molecule has 2 amide bonds. The molecule has 3 rings (SSSR count). The molecule has 0 saturated carbocycles. The van der Waals surface area contributed by atoms with Crippen molar-refractivity contribution >= 4 is 11.8 Å². The van der Waals surface area contributed by atoms with Gasteiger partial charge in [0.05, 0.1) is 0 Å². The lowest BCUT2D eigenvalue weighted by Crippen LogP contribution is -2.47. The zero-order chi connectivity index (χ0) is 14.1. The first-order chi connectivity index (χ1) is 9.70. The van der Waals surface area contributed by atoms with Crippen molar-refractivity contribution in [3.05, 3.63) is 0 Å². The molecule has 0 aromatic carbocycles. The van der Waals surface area contributed by atoms with Crippen LogP contribution in [-0.4, -0.2) is 60.4 Å². The summed E-state index contributed by atoms with van der Waals surface area (Å²) in [6.45, 7) is 6.61. The van der Waals surface area contributed by atoms with Gasteiger partial charge < -0.3 is 15.1 Å². The van der Waals surface area contributed by atoms with Gasteiger partial charge in [0.25, 0.3) is 0 Å². The van der Waals surface area contributed by atoms with Crippen LogP contribution in [0.15, 0.2) is 0 Å². The molecule has 3 atom stereocenters. The van der Waals surface area contributed by atoms with E-state index in [1.807, 2.05) is 16.7 Å². The zero-order valence-electron chi connectivity index (χ0n) is 12.3. The number of carbonyl (C=O) groups excluding carboxylic acids is 2. The van der Waals surface area contributed by atoms with E-state index < -0.39 is 0 Å². The van der Waals surface area contributed by atoms with Crippen molar-refractivity contribution in [2.75, 3.05) is 32.7 Å². The Morgan fingerprint density at radius 1 is 1.20 bits per heavy atom. The fraction of sp³-hybridized carbons (Fsp3) is 0.867. The van der Waals surface area contributed by atoms with Crippen LogP contribution < -0.4 is 5.32 Å². The Bertz CT molecular complexity index is 387. The van der Waals surface area contributed by atoms with Gasteiger partial charge in [-0.15, -0.1) is 0 Å². The molecule has 1 N–H and O–H groups in total. The molecule has 1 unspecified atom stereocenters. The van der Waals surface area contributed by atoms with Gasteiger partial charge in [-0.3, -0.25) is 9.59 Å². The summed E-state index contributed by atoms with van der Waals surface area (Å²) >= 11 is 0. The Morgan fingerprint density at radius 2 is 1.90 bits per heavy atom. The molecule has 20 heavy (non-hydrogen) atoms. The number of nitrogens with one attached hydrogen (secondary N) is 1. The van der Waals surface area contributed by atoms with Gasteiger partial charge in [-0.1, -0.05) is 6.92 Å². The van der Waals surface area contributed by atoms with Crippen molar-refractivity contribution in [2.24, 2.45) is 11.8 Å². The van der Waals surface area contributed by atoms with Gasteiger partial charge >= 0.3 is 0 Å². The van der Waals surface area contributed by atoms with Crippen molar-refractivity contribution < 1.29 is 9.59 Å². The standard InChI is InChI=1S/C15H25N3O2/c1-2-4-14(19)18-6-3-5-13(18)15(20)17-9-11-7-16-8-12(11)10-17/h11-13,16H,2-10H2,1H3/t11-,12+,13?. The lowest BCUT2D eigenvalue weighted by molar-refractivity contribution is -0.143. The third-order valence-electron chi connectivity index (χ3n) is 5.02. The molecule has 0 aromatic heterocycles. The maximum absolute atomic E-state index is 12.7. The smallest absolute Gasteiger partial charge is 0.245 e. The second kappa shape index (κ2) is 5.72. The summed E-state index contributed by atoms with van der Waals surface area (Å²) in [6, 6.07) is -0.180. The predicted octanol–water partition coefficient (Wildman–Crippen LogP) is 0.455. The van der Waals surface area contributed by atoms with Gasteiger partial charge in [-0.25, -0.2) is 0 Å². The van der Waals surface area contributed by atoms with E-state index in [4.69, 9.17) is 0 Å². The highest BCUT2D eigenvalue weighted by molar-refractivity contribution is 5.88. The predicted molar refractivity (Wildman–Crippen MR) is 76.1 cm³/mol. The summed E-state index contributed by atoms with van der Waals surface area (Å²) in [5, 5.41) is 3.39. The van der Waals surface area contributed by atoms with Crippen molar-refractivity contribution in [3.63, 3.8) is 0 Å². The van der Waals surface area contributed by atoms with Crippen LogP contribution in [0.3, 0.4) is 0 Å². The molecule has 3 heterocycles. The van der Waals surface area contributed by atoms with Crippen molar-refractivity contribution in [1.82, 2.24) is 15.1 Å².